The topological polar surface area (TPSA) is 44.4 Å². The van der Waals surface area contributed by atoms with Gasteiger partial charge < -0.3 is 10.0 Å². The first kappa shape index (κ1) is 20.4. The van der Waals surface area contributed by atoms with Crippen LogP contribution in [0.5, 0.6) is 0 Å². The number of hydrogen-bond donors (Lipinski definition) is 1. The number of anilines is 1. The molecule has 0 amide bonds. The highest BCUT2D eigenvalue weighted by atomic mass is 35.5. The minimum absolute atomic E-state index is 0.555. The van der Waals surface area contributed by atoms with Crippen LogP contribution in [0.2, 0.25) is 5.02 Å². The lowest BCUT2D eigenvalue weighted by molar-refractivity contribution is -0.665. The summed E-state index contributed by atoms with van der Waals surface area (Å²) in [6.45, 7) is 7.31. The summed E-state index contributed by atoms with van der Waals surface area (Å²) in [7, 11) is 0. The number of carboxylic acid groups (broad SMARTS) is 1. The highest BCUT2D eigenvalue weighted by Gasteiger charge is 2.19. The van der Waals surface area contributed by atoms with Crippen LogP contribution < -0.4 is 9.47 Å². The predicted molar refractivity (Wildman–Crippen MR) is 118 cm³/mol. The number of nitrogens with zero attached hydrogens (tertiary/aromatic N) is 2. The number of halogens is 1. The van der Waals surface area contributed by atoms with E-state index in [0.717, 1.165) is 28.3 Å². The molecular formula is C22H24ClN2O2S+. The SMILES string of the molecule is CCN(c1ccc(/C=C/c2sc3ccc(Cl)cc3[n+]2CC)cc1)C(C)C(=O)O. The van der Waals surface area contributed by atoms with E-state index in [9.17, 15) is 9.90 Å². The van der Waals surface area contributed by atoms with Crippen LogP contribution in [0.25, 0.3) is 22.4 Å². The monoisotopic (exact) mass is 415 g/mol. The molecule has 4 nitrogen and oxygen atoms in total. The number of hydrogen-bond acceptors (Lipinski definition) is 3. The Hall–Kier alpha value is -2.37. The highest BCUT2D eigenvalue weighted by molar-refractivity contribution is 7.18. The van der Waals surface area contributed by atoms with Crippen molar-refractivity contribution in [3.05, 3.63) is 58.1 Å². The van der Waals surface area contributed by atoms with Gasteiger partial charge in [-0.3, -0.25) is 0 Å². The van der Waals surface area contributed by atoms with E-state index in [2.05, 4.69) is 29.7 Å². The average Bonchev–Trinajstić information content (AvgIpc) is 3.04. The van der Waals surface area contributed by atoms with E-state index in [1.54, 1.807) is 18.3 Å². The van der Waals surface area contributed by atoms with E-state index >= 15 is 0 Å². The van der Waals surface area contributed by atoms with Gasteiger partial charge in [0.15, 0.2) is 0 Å². The minimum Gasteiger partial charge on any atom is -0.480 e. The fourth-order valence-corrected chi connectivity index (χ4v) is 4.56. The second-order valence-electron chi connectivity index (χ2n) is 6.52. The third kappa shape index (κ3) is 4.21. The van der Waals surface area contributed by atoms with Crippen molar-refractivity contribution in [3.8, 4) is 0 Å². The van der Waals surface area contributed by atoms with E-state index < -0.39 is 12.0 Å². The quantitative estimate of drug-likeness (QED) is 0.530. The van der Waals surface area contributed by atoms with E-state index in [0.29, 0.717) is 6.54 Å². The first-order valence-electron chi connectivity index (χ1n) is 9.34. The van der Waals surface area contributed by atoms with E-state index in [1.165, 1.54) is 9.71 Å². The van der Waals surface area contributed by atoms with Gasteiger partial charge in [-0.05, 0) is 56.7 Å². The number of thiazole rings is 1. The maximum atomic E-state index is 11.3. The fourth-order valence-electron chi connectivity index (χ4n) is 3.28. The average molecular weight is 416 g/mol. The number of aliphatic carboxylic acids is 1. The van der Waals surface area contributed by atoms with Crippen molar-refractivity contribution < 1.29 is 14.5 Å². The lowest BCUT2D eigenvalue weighted by Crippen LogP contribution is -2.38. The summed E-state index contributed by atoms with van der Waals surface area (Å²) < 4.78 is 3.46. The van der Waals surface area contributed by atoms with Crippen LogP contribution >= 0.6 is 22.9 Å². The van der Waals surface area contributed by atoms with Crippen molar-refractivity contribution in [2.75, 3.05) is 11.4 Å². The first-order valence-corrected chi connectivity index (χ1v) is 10.5. The molecular weight excluding hydrogens is 392 g/mol. The van der Waals surface area contributed by atoms with E-state index in [4.69, 9.17) is 11.6 Å². The Labute approximate surface area is 174 Å². The van der Waals surface area contributed by atoms with E-state index in [1.807, 2.05) is 48.2 Å². The molecule has 0 aliphatic rings. The number of fused-ring (bicyclic) bond motifs is 1. The Bertz CT molecular complexity index is 1010. The van der Waals surface area contributed by atoms with Gasteiger partial charge in [-0.1, -0.05) is 35.1 Å². The van der Waals surface area contributed by atoms with Gasteiger partial charge in [-0.2, -0.15) is 4.57 Å². The molecule has 0 aliphatic heterocycles. The zero-order valence-electron chi connectivity index (χ0n) is 16.2. The lowest BCUT2D eigenvalue weighted by Gasteiger charge is -2.27. The molecule has 0 bridgehead atoms. The molecule has 0 fully saturated rings. The van der Waals surface area contributed by atoms with Gasteiger partial charge in [0, 0.05) is 29.4 Å². The Morgan fingerprint density at radius 2 is 1.93 bits per heavy atom. The minimum atomic E-state index is -0.820. The standard InChI is InChI=1S/C22H23ClN2O2S/c1-4-24(15(3)22(26)27)18-10-6-16(7-11-18)8-13-21-25(5-2)19-14-17(23)9-12-20(19)28-21/h6-15H,4-5H2,1-3H3/p+1. The molecule has 6 heteroatoms. The molecule has 1 heterocycles. The van der Waals surface area contributed by atoms with Crippen LogP contribution in [0.4, 0.5) is 5.69 Å². The molecule has 0 saturated carbocycles. The van der Waals surface area contributed by atoms with Gasteiger partial charge in [0.25, 0.3) is 5.01 Å². The lowest BCUT2D eigenvalue weighted by atomic mass is 10.1. The van der Waals surface area contributed by atoms with Gasteiger partial charge in [0.2, 0.25) is 5.52 Å². The number of carboxylic acids is 1. The summed E-state index contributed by atoms with van der Waals surface area (Å²) in [5.74, 6) is -0.820. The maximum Gasteiger partial charge on any atom is 0.326 e. The number of likely N-dealkylation sites (N-methyl/N-ethyl adjacent to an activating group) is 1. The van der Waals surface area contributed by atoms with Gasteiger partial charge in [-0.15, -0.1) is 0 Å². The molecule has 0 radical (unpaired) electrons. The van der Waals surface area contributed by atoms with Crippen molar-refractivity contribution in [2.45, 2.75) is 33.4 Å². The Balaban J connectivity index is 1.85. The number of carbonyl (C=O) groups is 1. The third-order valence-electron chi connectivity index (χ3n) is 4.82. The maximum absolute atomic E-state index is 11.3. The molecule has 1 atom stereocenters. The molecule has 2 aromatic carbocycles. The number of rotatable bonds is 7. The van der Waals surface area contributed by atoms with Crippen molar-refractivity contribution in [3.63, 3.8) is 0 Å². The summed E-state index contributed by atoms with van der Waals surface area (Å²) in [5, 5.41) is 11.2. The van der Waals surface area contributed by atoms with Crippen molar-refractivity contribution in [2.24, 2.45) is 0 Å². The van der Waals surface area contributed by atoms with Crippen molar-refractivity contribution in [1.82, 2.24) is 0 Å². The van der Waals surface area contributed by atoms with Crippen LogP contribution in [-0.4, -0.2) is 23.7 Å². The summed E-state index contributed by atoms with van der Waals surface area (Å²) in [4.78, 5) is 13.2. The first-order chi connectivity index (χ1) is 13.4. The second-order valence-corrected chi connectivity index (χ2v) is 8.02. The zero-order valence-corrected chi connectivity index (χ0v) is 17.8. The highest BCUT2D eigenvalue weighted by Crippen LogP contribution is 2.25. The Morgan fingerprint density at radius 1 is 1.21 bits per heavy atom. The molecule has 1 aromatic heterocycles. The zero-order chi connectivity index (χ0) is 20.3. The summed E-state index contributed by atoms with van der Waals surface area (Å²) in [6, 6.07) is 13.4. The molecule has 146 valence electrons. The molecule has 1 N–H and O–H groups in total. The summed E-state index contributed by atoms with van der Waals surface area (Å²) >= 11 is 7.90. The van der Waals surface area contributed by atoms with Crippen molar-refractivity contribution >= 4 is 57.0 Å². The predicted octanol–water partition coefficient (Wildman–Crippen LogP) is 5.33. The number of aryl methyl sites for hydroxylation is 1. The molecule has 1 unspecified atom stereocenters. The third-order valence-corrected chi connectivity index (χ3v) is 6.18. The molecule has 28 heavy (non-hydrogen) atoms. The number of benzene rings is 2. The Morgan fingerprint density at radius 3 is 2.54 bits per heavy atom. The van der Waals surface area contributed by atoms with Gasteiger partial charge >= 0.3 is 5.97 Å². The van der Waals surface area contributed by atoms with Crippen LogP contribution in [0.1, 0.15) is 31.3 Å². The molecule has 0 aliphatic carbocycles. The molecule has 0 saturated heterocycles. The summed E-state index contributed by atoms with van der Waals surface area (Å²) in [5.41, 5.74) is 3.13. The second kappa shape index (κ2) is 8.76. The van der Waals surface area contributed by atoms with E-state index in [-0.39, 0.29) is 0 Å². The van der Waals surface area contributed by atoms with Gasteiger partial charge in [0.1, 0.15) is 17.3 Å². The smallest absolute Gasteiger partial charge is 0.326 e. The van der Waals surface area contributed by atoms with Crippen LogP contribution in [0.3, 0.4) is 0 Å². The molecule has 0 spiro atoms. The van der Waals surface area contributed by atoms with Gasteiger partial charge in [0.05, 0.1) is 0 Å². The largest absolute Gasteiger partial charge is 0.480 e. The Kier molecular flexibility index (Phi) is 6.37. The van der Waals surface area contributed by atoms with Crippen molar-refractivity contribution in [1.29, 1.82) is 0 Å². The van der Waals surface area contributed by atoms with Crippen LogP contribution in [0.15, 0.2) is 42.5 Å². The molecule has 3 aromatic rings. The van der Waals surface area contributed by atoms with Crippen LogP contribution in [0, 0.1) is 0 Å². The fraction of sp³-hybridized carbons (Fsp3) is 0.273. The molecule has 3 rings (SSSR count). The van der Waals surface area contributed by atoms with Crippen LogP contribution in [-0.2, 0) is 11.3 Å². The normalized spacial score (nSPS) is 12.6. The van der Waals surface area contributed by atoms with Gasteiger partial charge in [-0.25, -0.2) is 4.79 Å². The number of aromatic nitrogens is 1. The summed E-state index contributed by atoms with van der Waals surface area (Å²) in [6.07, 6.45) is 4.20.